The van der Waals surface area contributed by atoms with E-state index in [1.807, 2.05) is 79.4 Å². The summed E-state index contributed by atoms with van der Waals surface area (Å²) in [6.45, 7) is 6.25. The second-order valence-electron chi connectivity index (χ2n) is 9.61. The predicted molar refractivity (Wildman–Crippen MR) is 156 cm³/mol. The molecule has 5 aromatic rings. The van der Waals surface area contributed by atoms with Crippen LogP contribution in [0.4, 0.5) is 0 Å². The van der Waals surface area contributed by atoms with Gasteiger partial charge in [-0.1, -0.05) is 18.2 Å². The molecule has 3 heterocycles. The minimum atomic E-state index is -0.231. The van der Waals surface area contributed by atoms with Gasteiger partial charge in [-0.2, -0.15) is 5.10 Å². The van der Waals surface area contributed by atoms with Crippen molar-refractivity contribution in [1.82, 2.24) is 24.5 Å². The summed E-state index contributed by atoms with van der Waals surface area (Å²) in [7, 11) is 3.19. The zero-order valence-electron chi connectivity index (χ0n) is 23.1. The van der Waals surface area contributed by atoms with Crippen LogP contribution in [0.15, 0.2) is 58.7 Å². The summed E-state index contributed by atoms with van der Waals surface area (Å²) < 4.78 is 14.0. The molecule has 0 radical (unpaired) electrons. The van der Waals surface area contributed by atoms with Crippen LogP contribution in [0.1, 0.15) is 28.2 Å². The summed E-state index contributed by atoms with van der Waals surface area (Å²) in [4.78, 5) is 31.8. The van der Waals surface area contributed by atoms with Gasteiger partial charge in [0, 0.05) is 23.3 Å². The molecule has 0 saturated carbocycles. The van der Waals surface area contributed by atoms with Gasteiger partial charge in [0.2, 0.25) is 5.91 Å². The van der Waals surface area contributed by atoms with E-state index in [0.717, 1.165) is 22.5 Å². The fraction of sp³-hybridized carbons (Fsp3) is 0.267. The summed E-state index contributed by atoms with van der Waals surface area (Å²) in [5.74, 6) is 1.13. The van der Waals surface area contributed by atoms with Gasteiger partial charge in [0.1, 0.15) is 5.69 Å². The number of carbonyl (C=O) groups is 1. The van der Waals surface area contributed by atoms with Crippen LogP contribution in [0.5, 0.6) is 11.5 Å². The number of rotatable bonds is 9. The van der Waals surface area contributed by atoms with Crippen LogP contribution in [0, 0.1) is 20.8 Å². The predicted octanol–water partition coefficient (Wildman–Crippen LogP) is 4.45. The van der Waals surface area contributed by atoms with E-state index in [-0.39, 0.29) is 17.9 Å². The van der Waals surface area contributed by atoms with E-state index < -0.39 is 0 Å². The molecule has 2 aromatic carbocycles. The maximum absolute atomic E-state index is 13.8. The topological polar surface area (TPSA) is 99.7 Å². The summed E-state index contributed by atoms with van der Waals surface area (Å²) >= 11 is 1.34. The lowest BCUT2D eigenvalue weighted by atomic mass is 10.1. The summed E-state index contributed by atoms with van der Waals surface area (Å²) in [5, 5.41) is 9.53. The van der Waals surface area contributed by atoms with Crippen molar-refractivity contribution in [3.8, 4) is 28.4 Å². The number of amides is 1. The van der Waals surface area contributed by atoms with Crippen molar-refractivity contribution in [2.75, 3.05) is 20.8 Å². The van der Waals surface area contributed by atoms with E-state index in [9.17, 15) is 9.59 Å². The van der Waals surface area contributed by atoms with Gasteiger partial charge in [-0.15, -0.1) is 11.3 Å². The molecule has 0 spiro atoms. The molecule has 1 N–H and O–H groups in total. The third-order valence-electron chi connectivity index (χ3n) is 6.74. The van der Waals surface area contributed by atoms with Crippen LogP contribution in [0.3, 0.4) is 0 Å². The number of aryl methyl sites for hydroxylation is 3. The van der Waals surface area contributed by atoms with Crippen LogP contribution in [-0.4, -0.2) is 45.8 Å². The first-order valence-corrected chi connectivity index (χ1v) is 13.8. The smallest absolute Gasteiger partial charge is 0.268 e. The SMILES string of the molecule is COc1ccc(CCNC(=O)Cc2csc3nc(C)c(-c4cc(C)n(-c5cccc(C)c5)n4)c(=O)n23)cc1OC. The van der Waals surface area contributed by atoms with Crippen molar-refractivity contribution in [3.63, 3.8) is 0 Å². The largest absolute Gasteiger partial charge is 0.493 e. The van der Waals surface area contributed by atoms with Gasteiger partial charge in [0.05, 0.1) is 37.6 Å². The Labute approximate surface area is 236 Å². The van der Waals surface area contributed by atoms with Crippen molar-refractivity contribution < 1.29 is 14.3 Å². The first-order valence-electron chi connectivity index (χ1n) is 12.9. The fourth-order valence-corrected chi connectivity index (χ4v) is 5.68. The van der Waals surface area contributed by atoms with E-state index in [1.165, 1.54) is 15.7 Å². The molecule has 0 aliphatic rings. The Kier molecular flexibility index (Phi) is 7.70. The van der Waals surface area contributed by atoms with Gasteiger partial charge in [0.15, 0.2) is 16.5 Å². The molecule has 9 nitrogen and oxygen atoms in total. The minimum absolute atomic E-state index is 0.0623. The molecule has 0 fully saturated rings. The van der Waals surface area contributed by atoms with E-state index in [2.05, 4.69) is 10.3 Å². The first-order chi connectivity index (χ1) is 19.3. The Morgan fingerprint density at radius 3 is 2.58 bits per heavy atom. The highest BCUT2D eigenvalue weighted by Crippen LogP contribution is 2.28. The lowest BCUT2D eigenvalue weighted by Crippen LogP contribution is -2.29. The van der Waals surface area contributed by atoms with Gasteiger partial charge < -0.3 is 14.8 Å². The van der Waals surface area contributed by atoms with Crippen LogP contribution in [-0.2, 0) is 17.6 Å². The minimum Gasteiger partial charge on any atom is -0.493 e. The average Bonchev–Trinajstić information content (AvgIpc) is 3.51. The van der Waals surface area contributed by atoms with Crippen LogP contribution >= 0.6 is 11.3 Å². The molecule has 206 valence electrons. The van der Waals surface area contributed by atoms with Gasteiger partial charge >= 0.3 is 0 Å². The molecule has 10 heteroatoms. The number of ether oxygens (including phenoxy) is 2. The zero-order valence-corrected chi connectivity index (χ0v) is 24.0. The van der Waals surface area contributed by atoms with Crippen molar-refractivity contribution in [2.24, 2.45) is 0 Å². The molecule has 3 aromatic heterocycles. The van der Waals surface area contributed by atoms with Crippen molar-refractivity contribution in [3.05, 3.63) is 92.5 Å². The Morgan fingerprint density at radius 1 is 1.02 bits per heavy atom. The van der Waals surface area contributed by atoms with Crippen molar-refractivity contribution >= 4 is 22.2 Å². The van der Waals surface area contributed by atoms with Crippen molar-refractivity contribution in [1.29, 1.82) is 0 Å². The van der Waals surface area contributed by atoms with Gasteiger partial charge in [0.25, 0.3) is 5.56 Å². The highest BCUT2D eigenvalue weighted by Gasteiger charge is 2.20. The highest BCUT2D eigenvalue weighted by atomic mass is 32.1. The number of fused-ring (bicyclic) bond motifs is 1. The Hall–Kier alpha value is -4.44. The molecule has 0 aliphatic heterocycles. The van der Waals surface area contributed by atoms with E-state index in [1.54, 1.807) is 14.2 Å². The Morgan fingerprint density at radius 2 is 1.82 bits per heavy atom. The molecular weight excluding hydrogens is 526 g/mol. The Balaban J connectivity index is 1.36. The summed E-state index contributed by atoms with van der Waals surface area (Å²) in [6, 6.07) is 15.6. The number of methoxy groups -OCH3 is 2. The maximum atomic E-state index is 13.8. The molecule has 5 rings (SSSR count). The van der Waals surface area contributed by atoms with E-state index in [4.69, 9.17) is 14.6 Å². The molecule has 0 saturated heterocycles. The number of benzene rings is 2. The third kappa shape index (κ3) is 5.35. The number of thiazole rings is 1. The van der Waals surface area contributed by atoms with E-state index in [0.29, 0.717) is 52.1 Å². The maximum Gasteiger partial charge on any atom is 0.268 e. The van der Waals surface area contributed by atoms with Crippen LogP contribution in [0.2, 0.25) is 0 Å². The number of hydrogen-bond acceptors (Lipinski definition) is 7. The second kappa shape index (κ2) is 11.4. The lowest BCUT2D eigenvalue weighted by molar-refractivity contribution is -0.120. The average molecular weight is 558 g/mol. The van der Waals surface area contributed by atoms with Crippen molar-refractivity contribution in [2.45, 2.75) is 33.6 Å². The number of aromatic nitrogens is 4. The molecule has 0 unspecified atom stereocenters. The van der Waals surface area contributed by atoms with Gasteiger partial charge in [-0.25, -0.2) is 9.67 Å². The Bertz CT molecular complexity index is 1770. The summed E-state index contributed by atoms with van der Waals surface area (Å²) in [5.41, 5.74) is 5.92. The molecule has 0 atom stereocenters. The van der Waals surface area contributed by atoms with E-state index >= 15 is 0 Å². The zero-order chi connectivity index (χ0) is 28.4. The lowest BCUT2D eigenvalue weighted by Gasteiger charge is -2.10. The second-order valence-corrected chi connectivity index (χ2v) is 10.4. The van der Waals surface area contributed by atoms with Crippen LogP contribution < -0.4 is 20.3 Å². The van der Waals surface area contributed by atoms with Gasteiger partial charge in [-0.05, 0) is 68.7 Å². The quantitative estimate of drug-likeness (QED) is 0.287. The normalized spacial score (nSPS) is 11.1. The molecular formula is C30H31N5O4S. The molecule has 1 amide bonds. The molecule has 40 heavy (non-hydrogen) atoms. The third-order valence-corrected chi connectivity index (χ3v) is 7.61. The van der Waals surface area contributed by atoms with Crippen LogP contribution in [0.25, 0.3) is 21.9 Å². The first kappa shape index (κ1) is 27.1. The monoisotopic (exact) mass is 557 g/mol. The molecule has 0 bridgehead atoms. The fourth-order valence-electron chi connectivity index (χ4n) is 4.75. The number of nitrogens with zero attached hydrogens (tertiary/aromatic N) is 4. The molecule has 0 aliphatic carbocycles. The number of hydrogen-bond donors (Lipinski definition) is 1. The summed E-state index contributed by atoms with van der Waals surface area (Å²) in [6.07, 6.45) is 0.692. The van der Waals surface area contributed by atoms with Gasteiger partial charge in [-0.3, -0.25) is 14.0 Å². The highest BCUT2D eigenvalue weighted by molar-refractivity contribution is 7.15. The number of nitrogens with one attached hydrogen (secondary N) is 1. The number of carbonyl (C=O) groups excluding carboxylic acids is 1. The standard InChI is InChI=1S/C30H31N5O4S/c1-18-7-6-8-22(13-18)35-19(2)14-24(33-35)28-20(3)32-30-34(29(28)37)23(17-40-30)16-27(36)31-12-11-21-9-10-25(38-4)26(15-21)39-5/h6-10,13-15,17H,11-12,16H2,1-5H3,(H,31,36).